The highest BCUT2D eigenvalue weighted by atomic mass is 79.9. The van der Waals surface area contributed by atoms with Crippen LogP contribution in [0.3, 0.4) is 0 Å². The van der Waals surface area contributed by atoms with E-state index in [2.05, 4.69) is 15.9 Å². The lowest BCUT2D eigenvalue weighted by atomic mass is 10.1. The number of rotatable bonds is 4. The average Bonchev–Trinajstić information content (AvgIpc) is 2.86. The first-order valence-corrected chi connectivity index (χ1v) is 7.42. The Hall–Kier alpha value is -1.69. The van der Waals surface area contributed by atoms with Gasteiger partial charge >= 0.3 is 5.97 Å². The number of carboxylic acid groups (broad SMARTS) is 1. The Balaban J connectivity index is 2.08. The number of aliphatic carboxylic acids is 1. The van der Waals surface area contributed by atoms with Crippen LogP contribution in [0, 0.1) is 5.82 Å². The summed E-state index contributed by atoms with van der Waals surface area (Å²) in [5.41, 5.74) is 0.312. The lowest BCUT2D eigenvalue weighted by molar-refractivity contribution is -0.139. The third-order valence-corrected chi connectivity index (χ3v) is 3.93. The Morgan fingerprint density at radius 2 is 2.24 bits per heavy atom. The minimum absolute atomic E-state index is 0.0508. The molecule has 1 fully saturated rings. The summed E-state index contributed by atoms with van der Waals surface area (Å²) in [4.78, 5) is 24.4. The molecule has 1 unspecified atom stereocenters. The Labute approximate surface area is 130 Å². The van der Waals surface area contributed by atoms with E-state index < -0.39 is 11.8 Å². The number of hydrogen-bond acceptors (Lipinski definition) is 2. The molecule has 1 aromatic rings. The molecule has 112 valence electrons. The van der Waals surface area contributed by atoms with Gasteiger partial charge in [-0.2, -0.15) is 0 Å². The summed E-state index contributed by atoms with van der Waals surface area (Å²) in [6.45, 7) is 0.544. The Bertz CT molecular complexity index is 588. The van der Waals surface area contributed by atoms with Gasteiger partial charge < -0.3 is 10.0 Å². The van der Waals surface area contributed by atoms with E-state index in [9.17, 15) is 14.0 Å². The molecular weight excluding hydrogens is 341 g/mol. The molecule has 1 atom stereocenters. The topological polar surface area (TPSA) is 57.6 Å². The van der Waals surface area contributed by atoms with Crippen molar-refractivity contribution < 1.29 is 19.1 Å². The van der Waals surface area contributed by atoms with Crippen LogP contribution in [0.2, 0.25) is 0 Å². The van der Waals surface area contributed by atoms with Crippen molar-refractivity contribution in [2.45, 2.75) is 25.3 Å². The van der Waals surface area contributed by atoms with E-state index in [1.807, 2.05) is 0 Å². The minimum atomic E-state index is -0.915. The van der Waals surface area contributed by atoms with E-state index >= 15 is 0 Å². The second-order valence-corrected chi connectivity index (χ2v) is 5.84. The molecule has 1 aromatic carbocycles. The van der Waals surface area contributed by atoms with Crippen LogP contribution < -0.4 is 0 Å². The van der Waals surface area contributed by atoms with Gasteiger partial charge in [-0.25, -0.2) is 4.39 Å². The Kier molecular flexibility index (Phi) is 5.12. The SMILES string of the molecule is O=C(O)CC1CCCN1C(=O)C=Cc1cc(Br)ccc1F. The van der Waals surface area contributed by atoms with Gasteiger partial charge in [0.1, 0.15) is 5.82 Å². The maximum Gasteiger partial charge on any atom is 0.305 e. The van der Waals surface area contributed by atoms with Gasteiger partial charge in [0.2, 0.25) is 5.91 Å². The van der Waals surface area contributed by atoms with Crippen molar-refractivity contribution in [2.24, 2.45) is 0 Å². The largest absolute Gasteiger partial charge is 0.481 e. The molecule has 0 bridgehead atoms. The van der Waals surface area contributed by atoms with Gasteiger partial charge in [0.25, 0.3) is 0 Å². The average molecular weight is 356 g/mol. The predicted octanol–water partition coefficient (Wildman–Crippen LogP) is 3.07. The number of amides is 1. The molecule has 0 aromatic heterocycles. The van der Waals surface area contributed by atoms with Gasteiger partial charge in [0.15, 0.2) is 0 Å². The fourth-order valence-corrected chi connectivity index (χ4v) is 2.82. The number of nitrogens with zero attached hydrogens (tertiary/aromatic N) is 1. The summed E-state index contributed by atoms with van der Waals surface area (Å²) in [6, 6.07) is 4.21. The molecule has 6 heteroatoms. The second-order valence-electron chi connectivity index (χ2n) is 4.92. The maximum absolute atomic E-state index is 13.6. The van der Waals surface area contributed by atoms with Crippen molar-refractivity contribution in [1.29, 1.82) is 0 Å². The summed E-state index contributed by atoms with van der Waals surface area (Å²) in [7, 11) is 0. The molecule has 1 aliphatic rings. The van der Waals surface area contributed by atoms with E-state index in [0.717, 1.165) is 10.9 Å². The van der Waals surface area contributed by atoms with Crippen molar-refractivity contribution in [1.82, 2.24) is 4.90 Å². The van der Waals surface area contributed by atoms with Crippen molar-refractivity contribution in [3.8, 4) is 0 Å². The molecule has 1 amide bonds. The van der Waals surface area contributed by atoms with Crippen LogP contribution in [0.25, 0.3) is 6.08 Å². The summed E-state index contributed by atoms with van der Waals surface area (Å²) in [6.07, 6.45) is 4.15. The number of carboxylic acids is 1. The zero-order valence-electron chi connectivity index (χ0n) is 11.3. The van der Waals surface area contributed by atoms with Crippen LogP contribution in [0.15, 0.2) is 28.7 Å². The highest BCUT2D eigenvalue weighted by molar-refractivity contribution is 9.10. The van der Waals surface area contributed by atoms with Crippen molar-refractivity contribution in [3.05, 3.63) is 40.1 Å². The first-order valence-electron chi connectivity index (χ1n) is 6.63. The Morgan fingerprint density at radius 1 is 1.48 bits per heavy atom. The van der Waals surface area contributed by atoms with E-state index in [-0.39, 0.29) is 18.4 Å². The standard InChI is InChI=1S/C15H15BrFNO3/c16-11-4-5-13(17)10(8-11)3-6-14(19)18-7-1-2-12(18)9-15(20)21/h3-6,8,12H,1-2,7,9H2,(H,20,21). The maximum atomic E-state index is 13.6. The number of carbonyl (C=O) groups is 2. The molecule has 1 heterocycles. The van der Waals surface area contributed by atoms with Crippen molar-refractivity contribution >= 4 is 33.9 Å². The zero-order chi connectivity index (χ0) is 15.4. The minimum Gasteiger partial charge on any atom is -0.481 e. The molecule has 1 saturated heterocycles. The highest BCUT2D eigenvalue weighted by Gasteiger charge is 2.29. The number of hydrogen-bond donors (Lipinski definition) is 1. The van der Waals surface area contributed by atoms with Crippen LogP contribution in [0.4, 0.5) is 4.39 Å². The van der Waals surface area contributed by atoms with Gasteiger partial charge in [-0.3, -0.25) is 9.59 Å². The van der Waals surface area contributed by atoms with Crippen LogP contribution in [0.1, 0.15) is 24.8 Å². The first-order chi connectivity index (χ1) is 9.97. The van der Waals surface area contributed by atoms with Gasteiger partial charge in [0, 0.05) is 28.7 Å². The third-order valence-electron chi connectivity index (χ3n) is 3.43. The lowest BCUT2D eigenvalue weighted by Crippen LogP contribution is -2.35. The van der Waals surface area contributed by atoms with E-state index in [1.54, 1.807) is 17.0 Å². The van der Waals surface area contributed by atoms with Crippen LogP contribution >= 0.6 is 15.9 Å². The van der Waals surface area contributed by atoms with E-state index in [1.165, 1.54) is 18.2 Å². The summed E-state index contributed by atoms with van der Waals surface area (Å²) in [5.74, 6) is -1.61. The van der Waals surface area contributed by atoms with E-state index in [0.29, 0.717) is 18.5 Å². The van der Waals surface area contributed by atoms with Gasteiger partial charge in [0.05, 0.1) is 6.42 Å². The zero-order valence-corrected chi connectivity index (χ0v) is 12.8. The molecule has 0 radical (unpaired) electrons. The van der Waals surface area contributed by atoms with Crippen LogP contribution in [0.5, 0.6) is 0 Å². The third kappa shape index (κ3) is 4.14. The van der Waals surface area contributed by atoms with Crippen LogP contribution in [-0.2, 0) is 9.59 Å². The van der Waals surface area contributed by atoms with Gasteiger partial charge in [-0.05, 0) is 37.1 Å². The molecule has 21 heavy (non-hydrogen) atoms. The summed E-state index contributed by atoms with van der Waals surface area (Å²) in [5, 5.41) is 8.84. The normalized spacial score (nSPS) is 18.4. The molecule has 1 N–H and O–H groups in total. The molecule has 0 spiro atoms. The molecule has 1 aliphatic heterocycles. The molecule has 2 rings (SSSR count). The fraction of sp³-hybridized carbons (Fsp3) is 0.333. The molecular formula is C15H15BrFNO3. The van der Waals surface area contributed by atoms with Gasteiger partial charge in [-0.15, -0.1) is 0 Å². The quantitative estimate of drug-likeness (QED) is 0.844. The smallest absolute Gasteiger partial charge is 0.305 e. The molecule has 0 aliphatic carbocycles. The number of carbonyl (C=O) groups excluding carboxylic acids is 1. The van der Waals surface area contributed by atoms with Crippen LogP contribution in [-0.4, -0.2) is 34.5 Å². The molecule has 0 saturated carbocycles. The number of benzene rings is 1. The summed E-state index contributed by atoms with van der Waals surface area (Å²) < 4.78 is 14.3. The van der Waals surface area contributed by atoms with Crippen molar-refractivity contribution in [3.63, 3.8) is 0 Å². The monoisotopic (exact) mass is 355 g/mol. The fourth-order valence-electron chi connectivity index (χ4n) is 2.44. The number of halogens is 2. The van der Waals surface area contributed by atoms with E-state index in [4.69, 9.17) is 5.11 Å². The molecule has 4 nitrogen and oxygen atoms in total. The summed E-state index contributed by atoms with van der Waals surface area (Å²) >= 11 is 3.25. The van der Waals surface area contributed by atoms with Crippen molar-refractivity contribution in [2.75, 3.05) is 6.54 Å². The number of likely N-dealkylation sites (tertiary alicyclic amines) is 1. The highest BCUT2D eigenvalue weighted by Crippen LogP contribution is 2.21. The first kappa shape index (κ1) is 15.7. The lowest BCUT2D eigenvalue weighted by Gasteiger charge is -2.21. The second kappa shape index (κ2) is 6.85. The Morgan fingerprint density at radius 3 is 2.95 bits per heavy atom. The van der Waals surface area contributed by atoms with Gasteiger partial charge in [-0.1, -0.05) is 15.9 Å². The predicted molar refractivity (Wildman–Crippen MR) is 80.1 cm³/mol.